The van der Waals surface area contributed by atoms with Gasteiger partial charge in [0.05, 0.1) is 32.1 Å². The van der Waals surface area contributed by atoms with Crippen molar-refractivity contribution in [2.24, 2.45) is 0 Å². The predicted octanol–water partition coefficient (Wildman–Crippen LogP) is 5.68. The zero-order chi connectivity index (χ0) is 15.9. The molecule has 0 aliphatic carbocycles. The van der Waals surface area contributed by atoms with Gasteiger partial charge in [0.25, 0.3) is 0 Å². The first-order valence-electron chi connectivity index (χ1n) is 6.15. The van der Waals surface area contributed by atoms with E-state index in [2.05, 4.69) is 6.07 Å². The third-order valence-corrected chi connectivity index (χ3v) is 4.90. The van der Waals surface area contributed by atoms with Gasteiger partial charge in [-0.2, -0.15) is 5.26 Å². The van der Waals surface area contributed by atoms with Crippen molar-refractivity contribution in [3.8, 4) is 17.6 Å². The summed E-state index contributed by atoms with van der Waals surface area (Å²) in [6, 6.07) is 8.83. The lowest BCUT2D eigenvalue weighted by atomic mass is 9.92. The molecule has 3 nitrogen and oxygen atoms in total. The molecule has 1 heterocycles. The molecule has 2 aromatic rings. The molecule has 22 heavy (non-hydrogen) atoms. The summed E-state index contributed by atoms with van der Waals surface area (Å²) in [6.45, 7) is 0.153. The fourth-order valence-corrected chi connectivity index (χ4v) is 3.29. The number of ether oxygens (including phenoxy) is 2. The number of hydrogen-bond donors (Lipinski definition) is 0. The van der Waals surface area contributed by atoms with Gasteiger partial charge in [-0.05, 0) is 23.8 Å². The van der Waals surface area contributed by atoms with Crippen LogP contribution in [-0.4, -0.2) is 6.79 Å². The molecular formula is C15H7Cl4NO2. The minimum Gasteiger partial charge on any atom is -0.454 e. The molecule has 0 N–H and O–H groups in total. The van der Waals surface area contributed by atoms with Crippen LogP contribution in [0.1, 0.15) is 17.0 Å². The van der Waals surface area contributed by atoms with Crippen LogP contribution >= 0.6 is 46.4 Å². The molecule has 3 rings (SSSR count). The number of fused-ring (bicyclic) bond motifs is 1. The lowest BCUT2D eigenvalue weighted by Crippen LogP contribution is -2.01. The molecule has 1 aliphatic rings. The molecular weight excluding hydrogens is 368 g/mol. The summed E-state index contributed by atoms with van der Waals surface area (Å²) in [6.07, 6.45) is 0. The second-order valence-electron chi connectivity index (χ2n) is 4.56. The maximum atomic E-state index is 9.59. The smallest absolute Gasteiger partial charge is 0.231 e. The Labute approximate surface area is 146 Å². The van der Waals surface area contributed by atoms with E-state index in [-0.39, 0.29) is 26.9 Å². The van der Waals surface area contributed by atoms with Crippen molar-refractivity contribution in [2.45, 2.75) is 5.92 Å². The summed E-state index contributed by atoms with van der Waals surface area (Å²) in [5.74, 6) is 0.464. The fraction of sp³-hybridized carbons (Fsp3) is 0.133. The number of benzene rings is 2. The van der Waals surface area contributed by atoms with Crippen molar-refractivity contribution in [3.63, 3.8) is 0 Å². The highest BCUT2D eigenvalue weighted by molar-refractivity contribution is 6.48. The molecule has 7 heteroatoms. The van der Waals surface area contributed by atoms with Gasteiger partial charge >= 0.3 is 0 Å². The van der Waals surface area contributed by atoms with Crippen molar-refractivity contribution >= 4 is 46.4 Å². The Morgan fingerprint density at radius 3 is 2.23 bits per heavy atom. The van der Waals surface area contributed by atoms with Gasteiger partial charge in [0.1, 0.15) is 0 Å². The number of nitriles is 1. The topological polar surface area (TPSA) is 42.2 Å². The van der Waals surface area contributed by atoms with Crippen molar-refractivity contribution in [3.05, 3.63) is 55.5 Å². The zero-order valence-electron chi connectivity index (χ0n) is 10.9. The Morgan fingerprint density at radius 2 is 1.59 bits per heavy atom. The first kappa shape index (κ1) is 15.6. The minimum atomic E-state index is -0.731. The Hall–Kier alpha value is -1.31. The second kappa shape index (κ2) is 6.06. The van der Waals surface area contributed by atoms with Crippen LogP contribution in [0.3, 0.4) is 0 Å². The predicted molar refractivity (Wildman–Crippen MR) is 86.5 cm³/mol. The number of rotatable bonds is 2. The lowest BCUT2D eigenvalue weighted by Gasteiger charge is -2.16. The van der Waals surface area contributed by atoms with Gasteiger partial charge in [-0.25, -0.2) is 0 Å². The van der Waals surface area contributed by atoms with Crippen LogP contribution in [0.4, 0.5) is 0 Å². The Bertz CT molecular complexity index is 775. The van der Waals surface area contributed by atoms with Crippen LogP contribution < -0.4 is 9.47 Å². The van der Waals surface area contributed by atoms with Gasteiger partial charge in [-0.15, -0.1) is 0 Å². The number of nitrogens with zero attached hydrogens (tertiary/aromatic N) is 1. The average molecular weight is 375 g/mol. The first-order chi connectivity index (χ1) is 10.5. The molecule has 0 amide bonds. The summed E-state index contributed by atoms with van der Waals surface area (Å²) in [7, 11) is 0. The minimum absolute atomic E-state index is 0.153. The highest BCUT2D eigenvalue weighted by atomic mass is 35.5. The Morgan fingerprint density at radius 1 is 0.955 bits per heavy atom. The summed E-state index contributed by atoms with van der Waals surface area (Å²) in [5.41, 5.74) is 1.04. The molecule has 0 fully saturated rings. The molecule has 112 valence electrons. The number of hydrogen-bond acceptors (Lipinski definition) is 3. The summed E-state index contributed by atoms with van der Waals surface area (Å²) < 4.78 is 10.6. The highest BCUT2D eigenvalue weighted by Crippen LogP contribution is 2.44. The van der Waals surface area contributed by atoms with Crippen LogP contribution in [0.2, 0.25) is 20.1 Å². The monoisotopic (exact) mass is 373 g/mol. The van der Waals surface area contributed by atoms with Crippen LogP contribution in [0, 0.1) is 11.3 Å². The van der Waals surface area contributed by atoms with Crippen LogP contribution in [0.25, 0.3) is 0 Å². The molecule has 0 saturated heterocycles. The van der Waals surface area contributed by atoms with Gasteiger partial charge in [0.15, 0.2) is 11.5 Å². The standard InChI is InChI=1S/C15H7Cl4NO2/c16-9-4-10(17)15(19)13(14(9)18)8(5-20)7-1-2-11-12(3-7)22-6-21-11/h1-4,8H,6H2. The molecule has 0 radical (unpaired) electrons. The lowest BCUT2D eigenvalue weighted by molar-refractivity contribution is 0.174. The van der Waals surface area contributed by atoms with Crippen molar-refractivity contribution < 1.29 is 9.47 Å². The molecule has 1 unspecified atom stereocenters. The quantitative estimate of drug-likeness (QED) is 0.634. The van der Waals surface area contributed by atoms with Gasteiger partial charge in [-0.1, -0.05) is 52.5 Å². The number of halogens is 4. The van der Waals surface area contributed by atoms with Crippen molar-refractivity contribution in [1.29, 1.82) is 5.26 Å². The van der Waals surface area contributed by atoms with Crippen LogP contribution in [0.15, 0.2) is 24.3 Å². The van der Waals surface area contributed by atoms with E-state index in [4.69, 9.17) is 55.9 Å². The van der Waals surface area contributed by atoms with Gasteiger partial charge in [-0.3, -0.25) is 0 Å². The van der Waals surface area contributed by atoms with E-state index in [1.165, 1.54) is 6.07 Å². The zero-order valence-corrected chi connectivity index (χ0v) is 13.9. The average Bonchev–Trinajstić information content (AvgIpc) is 2.97. The maximum Gasteiger partial charge on any atom is 0.231 e. The van der Waals surface area contributed by atoms with Crippen LogP contribution in [-0.2, 0) is 0 Å². The van der Waals surface area contributed by atoms with Gasteiger partial charge in [0, 0.05) is 5.56 Å². The van der Waals surface area contributed by atoms with E-state index in [1.807, 2.05) is 0 Å². The Balaban J connectivity index is 2.16. The van der Waals surface area contributed by atoms with E-state index in [0.717, 1.165) is 0 Å². The van der Waals surface area contributed by atoms with E-state index < -0.39 is 5.92 Å². The normalized spacial score (nSPS) is 13.8. The molecule has 0 saturated carbocycles. The summed E-state index contributed by atoms with van der Waals surface area (Å²) in [4.78, 5) is 0. The third kappa shape index (κ3) is 2.57. The SMILES string of the molecule is N#CC(c1ccc2c(c1)OCO2)c1c(Cl)c(Cl)cc(Cl)c1Cl. The fourth-order valence-electron chi connectivity index (χ4n) is 2.24. The molecule has 1 aliphatic heterocycles. The Kier molecular flexibility index (Phi) is 4.29. The first-order valence-corrected chi connectivity index (χ1v) is 7.66. The molecule has 0 aromatic heterocycles. The second-order valence-corrected chi connectivity index (χ2v) is 6.13. The van der Waals surface area contributed by atoms with E-state index >= 15 is 0 Å². The molecule has 0 spiro atoms. The molecule has 2 aromatic carbocycles. The van der Waals surface area contributed by atoms with Gasteiger partial charge in [0.2, 0.25) is 6.79 Å². The summed E-state index contributed by atoms with van der Waals surface area (Å²) >= 11 is 24.5. The third-order valence-electron chi connectivity index (χ3n) is 3.29. The highest BCUT2D eigenvalue weighted by Gasteiger charge is 2.25. The summed E-state index contributed by atoms with van der Waals surface area (Å²) in [5, 5.41) is 10.5. The largest absolute Gasteiger partial charge is 0.454 e. The van der Waals surface area contributed by atoms with Gasteiger partial charge < -0.3 is 9.47 Å². The molecule has 1 atom stereocenters. The molecule has 0 bridgehead atoms. The van der Waals surface area contributed by atoms with Crippen LogP contribution in [0.5, 0.6) is 11.5 Å². The van der Waals surface area contributed by atoms with E-state index in [9.17, 15) is 5.26 Å². The van der Waals surface area contributed by atoms with E-state index in [0.29, 0.717) is 22.6 Å². The van der Waals surface area contributed by atoms with Crippen molar-refractivity contribution in [2.75, 3.05) is 6.79 Å². The van der Waals surface area contributed by atoms with E-state index in [1.54, 1.807) is 18.2 Å². The maximum absolute atomic E-state index is 9.59. The van der Waals surface area contributed by atoms with Crippen molar-refractivity contribution in [1.82, 2.24) is 0 Å².